The summed E-state index contributed by atoms with van der Waals surface area (Å²) in [4.78, 5) is 11.9. The van der Waals surface area contributed by atoms with Gasteiger partial charge >= 0.3 is 6.03 Å². The van der Waals surface area contributed by atoms with E-state index in [1.165, 1.54) is 0 Å². The molecule has 22 heavy (non-hydrogen) atoms. The fraction of sp³-hybridized carbons (Fsp3) is 0.438. The molecule has 2 amide bonds. The molecule has 0 spiro atoms. The maximum Gasteiger partial charge on any atom is 0.319 e. The van der Waals surface area contributed by atoms with Gasteiger partial charge in [-0.3, -0.25) is 0 Å². The van der Waals surface area contributed by atoms with Crippen molar-refractivity contribution in [2.45, 2.75) is 42.8 Å². The number of hydrogen-bond acceptors (Lipinski definition) is 3. The van der Waals surface area contributed by atoms with Crippen LogP contribution in [-0.2, 0) is 9.84 Å². The number of carbonyl (C=O) groups excluding carboxylic acids is 1. The highest BCUT2D eigenvalue weighted by atomic mass is 32.2. The van der Waals surface area contributed by atoms with Gasteiger partial charge in [0.1, 0.15) is 0 Å². The van der Waals surface area contributed by atoms with Crippen LogP contribution in [0.4, 0.5) is 10.5 Å². The zero-order chi connectivity index (χ0) is 16.0. The SMILES string of the molecule is CC#CCNC(=O)Nc1ccc(S(=O)(=O)C2CCCC2)cc1. The van der Waals surface area contributed by atoms with E-state index in [9.17, 15) is 13.2 Å². The quantitative estimate of drug-likeness (QED) is 0.837. The normalized spacial score (nSPS) is 15.0. The van der Waals surface area contributed by atoms with Gasteiger partial charge in [0.2, 0.25) is 0 Å². The largest absolute Gasteiger partial charge is 0.327 e. The lowest BCUT2D eigenvalue weighted by atomic mass is 10.3. The molecule has 6 heteroatoms. The summed E-state index contributed by atoms with van der Waals surface area (Å²) >= 11 is 0. The summed E-state index contributed by atoms with van der Waals surface area (Å²) < 4.78 is 24.9. The van der Waals surface area contributed by atoms with E-state index in [2.05, 4.69) is 22.5 Å². The average molecular weight is 320 g/mol. The molecule has 118 valence electrons. The predicted molar refractivity (Wildman–Crippen MR) is 86.4 cm³/mol. The molecule has 1 aliphatic carbocycles. The van der Waals surface area contributed by atoms with Gasteiger partial charge in [-0.15, -0.1) is 5.92 Å². The first-order chi connectivity index (χ1) is 10.5. The number of carbonyl (C=O) groups is 1. The predicted octanol–water partition coefficient (Wildman–Crippen LogP) is 2.55. The minimum absolute atomic E-state index is 0.262. The maximum absolute atomic E-state index is 12.4. The molecule has 1 fully saturated rings. The Morgan fingerprint density at radius 3 is 2.45 bits per heavy atom. The van der Waals surface area contributed by atoms with E-state index < -0.39 is 9.84 Å². The monoisotopic (exact) mass is 320 g/mol. The lowest BCUT2D eigenvalue weighted by Gasteiger charge is -2.12. The molecule has 0 radical (unpaired) electrons. The van der Waals surface area contributed by atoms with Gasteiger partial charge < -0.3 is 10.6 Å². The second-order valence-electron chi connectivity index (χ2n) is 5.21. The second kappa shape index (κ2) is 7.32. The highest BCUT2D eigenvalue weighted by Gasteiger charge is 2.30. The molecule has 2 rings (SSSR count). The van der Waals surface area contributed by atoms with Crippen molar-refractivity contribution in [1.29, 1.82) is 0 Å². The fourth-order valence-corrected chi connectivity index (χ4v) is 4.36. The Labute approximate surface area is 131 Å². The summed E-state index contributed by atoms with van der Waals surface area (Å²) in [5.41, 5.74) is 0.548. The molecule has 0 saturated heterocycles. The molecule has 0 heterocycles. The number of amides is 2. The van der Waals surface area contributed by atoms with Crippen molar-refractivity contribution in [3.8, 4) is 11.8 Å². The highest BCUT2D eigenvalue weighted by molar-refractivity contribution is 7.92. The smallest absolute Gasteiger partial charge is 0.319 e. The van der Waals surface area contributed by atoms with E-state index in [1.54, 1.807) is 31.2 Å². The molecule has 0 atom stereocenters. The van der Waals surface area contributed by atoms with Crippen LogP contribution in [0.2, 0.25) is 0 Å². The molecule has 5 nitrogen and oxygen atoms in total. The minimum Gasteiger partial charge on any atom is -0.327 e. The standard InChI is InChI=1S/C16H20N2O3S/c1-2-3-12-17-16(19)18-13-8-10-15(11-9-13)22(20,21)14-6-4-5-7-14/h8-11,14H,4-7,12H2,1H3,(H2,17,18,19). The van der Waals surface area contributed by atoms with E-state index in [-0.39, 0.29) is 17.8 Å². The molecule has 1 aliphatic rings. The Hall–Kier alpha value is -2.00. The first-order valence-electron chi connectivity index (χ1n) is 7.32. The third kappa shape index (κ3) is 4.01. The van der Waals surface area contributed by atoms with E-state index in [4.69, 9.17) is 0 Å². The van der Waals surface area contributed by atoms with Gasteiger partial charge in [-0.2, -0.15) is 0 Å². The molecule has 1 aromatic carbocycles. The van der Waals surface area contributed by atoms with Crippen molar-refractivity contribution in [3.63, 3.8) is 0 Å². The number of benzene rings is 1. The molecule has 0 bridgehead atoms. The highest BCUT2D eigenvalue weighted by Crippen LogP contribution is 2.29. The van der Waals surface area contributed by atoms with E-state index in [0.29, 0.717) is 10.6 Å². The van der Waals surface area contributed by atoms with E-state index in [0.717, 1.165) is 25.7 Å². The van der Waals surface area contributed by atoms with Crippen LogP contribution in [0.15, 0.2) is 29.2 Å². The van der Waals surface area contributed by atoms with Gasteiger partial charge in [-0.25, -0.2) is 13.2 Å². The van der Waals surface area contributed by atoms with Crippen LogP contribution in [0.1, 0.15) is 32.6 Å². The average Bonchev–Trinajstić information content (AvgIpc) is 3.03. The lowest BCUT2D eigenvalue weighted by molar-refractivity contribution is 0.253. The summed E-state index contributed by atoms with van der Waals surface area (Å²) in [7, 11) is -3.25. The molecular weight excluding hydrogens is 300 g/mol. The first kappa shape index (κ1) is 16.4. The van der Waals surface area contributed by atoms with Crippen LogP contribution in [0, 0.1) is 11.8 Å². The number of urea groups is 1. The van der Waals surface area contributed by atoms with Gasteiger partial charge in [-0.05, 0) is 44.0 Å². The Morgan fingerprint density at radius 1 is 1.23 bits per heavy atom. The fourth-order valence-electron chi connectivity index (χ4n) is 2.51. The number of hydrogen-bond donors (Lipinski definition) is 2. The van der Waals surface area contributed by atoms with Crippen LogP contribution in [-0.4, -0.2) is 26.2 Å². The van der Waals surface area contributed by atoms with Crippen molar-refractivity contribution in [2.24, 2.45) is 0 Å². The number of anilines is 1. The zero-order valence-electron chi connectivity index (χ0n) is 12.6. The van der Waals surface area contributed by atoms with Crippen LogP contribution in [0.5, 0.6) is 0 Å². The maximum atomic E-state index is 12.4. The Balaban J connectivity index is 2.00. The van der Waals surface area contributed by atoms with Gasteiger partial charge in [0.05, 0.1) is 16.7 Å². The Bertz CT molecular complexity index is 678. The number of rotatable bonds is 4. The summed E-state index contributed by atoms with van der Waals surface area (Å²) in [5, 5.41) is 4.95. The van der Waals surface area contributed by atoms with Gasteiger partial charge in [0.15, 0.2) is 9.84 Å². The van der Waals surface area contributed by atoms with Crippen LogP contribution in [0.3, 0.4) is 0 Å². The molecule has 1 aromatic rings. The first-order valence-corrected chi connectivity index (χ1v) is 8.87. The van der Waals surface area contributed by atoms with Gasteiger partial charge in [-0.1, -0.05) is 18.8 Å². The molecule has 2 N–H and O–H groups in total. The van der Waals surface area contributed by atoms with Crippen LogP contribution in [0.25, 0.3) is 0 Å². The molecule has 0 aliphatic heterocycles. The van der Waals surface area contributed by atoms with E-state index >= 15 is 0 Å². The minimum atomic E-state index is -3.25. The zero-order valence-corrected chi connectivity index (χ0v) is 13.4. The van der Waals surface area contributed by atoms with Gasteiger partial charge in [0, 0.05) is 5.69 Å². The Morgan fingerprint density at radius 2 is 1.86 bits per heavy atom. The van der Waals surface area contributed by atoms with Crippen LogP contribution >= 0.6 is 0 Å². The third-order valence-corrected chi connectivity index (χ3v) is 5.97. The third-order valence-electron chi connectivity index (χ3n) is 3.70. The summed E-state index contributed by atoms with van der Waals surface area (Å²) in [5.74, 6) is 5.40. The van der Waals surface area contributed by atoms with Crippen molar-refractivity contribution < 1.29 is 13.2 Å². The summed E-state index contributed by atoms with van der Waals surface area (Å²) in [6.07, 6.45) is 3.43. The van der Waals surface area contributed by atoms with Crippen molar-refractivity contribution >= 4 is 21.6 Å². The Kier molecular flexibility index (Phi) is 5.45. The van der Waals surface area contributed by atoms with Crippen LogP contribution < -0.4 is 10.6 Å². The van der Waals surface area contributed by atoms with E-state index in [1.807, 2.05) is 0 Å². The number of nitrogens with one attached hydrogen (secondary N) is 2. The molecule has 0 unspecified atom stereocenters. The summed E-state index contributed by atoms with van der Waals surface area (Å²) in [6, 6.07) is 5.94. The molecule has 0 aromatic heterocycles. The molecular formula is C16H20N2O3S. The summed E-state index contributed by atoms with van der Waals surface area (Å²) in [6.45, 7) is 1.97. The second-order valence-corrected chi connectivity index (χ2v) is 7.44. The van der Waals surface area contributed by atoms with Gasteiger partial charge in [0.25, 0.3) is 0 Å². The topological polar surface area (TPSA) is 75.3 Å². The van der Waals surface area contributed by atoms with Crippen molar-refractivity contribution in [3.05, 3.63) is 24.3 Å². The number of sulfone groups is 1. The van der Waals surface area contributed by atoms with Crippen molar-refractivity contribution in [2.75, 3.05) is 11.9 Å². The van der Waals surface area contributed by atoms with Crippen molar-refractivity contribution in [1.82, 2.24) is 5.32 Å². The molecule has 1 saturated carbocycles. The lowest BCUT2D eigenvalue weighted by Crippen LogP contribution is -2.28.